The molecule has 58 heavy (non-hydrogen) atoms. The fourth-order valence-corrected chi connectivity index (χ4v) is 8.27. The van der Waals surface area contributed by atoms with Gasteiger partial charge in [0, 0.05) is 42.2 Å². The number of benzene rings is 3. The SMILES string of the molecule is C=C(C)C(=O)OCCCc1cc(-c2ccc(-c3ccc(C4CCC(CCCCC)CC4)cc3F)cc2CC)cc(CCCC#N)c1OCC(CC#N)(CC#N)CC#N. The summed E-state index contributed by atoms with van der Waals surface area (Å²) in [5, 5.41) is 38.3. The van der Waals surface area contributed by atoms with E-state index < -0.39 is 11.4 Å². The van der Waals surface area contributed by atoms with Crippen molar-refractivity contribution in [1.82, 2.24) is 0 Å². The molecule has 0 atom stereocenters. The summed E-state index contributed by atoms with van der Waals surface area (Å²) < 4.78 is 27.9. The van der Waals surface area contributed by atoms with Crippen LogP contribution in [-0.2, 0) is 28.8 Å². The number of unbranched alkanes of at least 4 members (excludes halogenated alkanes) is 3. The lowest BCUT2D eigenvalue weighted by atomic mass is 9.77. The summed E-state index contributed by atoms with van der Waals surface area (Å²) in [6.07, 6.45) is 13.0. The van der Waals surface area contributed by atoms with Gasteiger partial charge in [0.05, 0.1) is 37.5 Å². The number of carbonyl (C=O) groups is 1. The molecular formula is C50H59FN4O3. The molecular weight excluding hydrogens is 724 g/mol. The number of ether oxygens (including phenoxy) is 2. The molecule has 1 fully saturated rings. The second-order valence-electron chi connectivity index (χ2n) is 16.1. The maximum atomic E-state index is 15.9. The minimum Gasteiger partial charge on any atom is -0.492 e. The van der Waals surface area contributed by atoms with Crippen LogP contribution in [0.25, 0.3) is 22.3 Å². The Morgan fingerprint density at radius 3 is 2.02 bits per heavy atom. The van der Waals surface area contributed by atoms with E-state index in [0.29, 0.717) is 61.3 Å². The van der Waals surface area contributed by atoms with Crippen LogP contribution in [0.4, 0.5) is 4.39 Å². The van der Waals surface area contributed by atoms with Gasteiger partial charge >= 0.3 is 5.97 Å². The van der Waals surface area contributed by atoms with E-state index in [1.807, 2.05) is 18.2 Å². The van der Waals surface area contributed by atoms with Crippen molar-refractivity contribution in [3.8, 4) is 52.3 Å². The van der Waals surface area contributed by atoms with Crippen LogP contribution < -0.4 is 4.74 Å². The van der Waals surface area contributed by atoms with Gasteiger partial charge in [-0.05, 0) is 134 Å². The number of aryl methyl sites for hydroxylation is 3. The average Bonchev–Trinajstić information content (AvgIpc) is 3.22. The Balaban J connectivity index is 1.69. The van der Waals surface area contributed by atoms with E-state index >= 15 is 4.39 Å². The van der Waals surface area contributed by atoms with E-state index in [2.05, 4.69) is 69.0 Å². The van der Waals surface area contributed by atoms with Crippen LogP contribution in [0.3, 0.4) is 0 Å². The van der Waals surface area contributed by atoms with Gasteiger partial charge in [0.15, 0.2) is 0 Å². The molecule has 3 aromatic rings. The monoisotopic (exact) mass is 782 g/mol. The Morgan fingerprint density at radius 2 is 1.43 bits per heavy atom. The molecule has 3 aromatic carbocycles. The molecule has 4 rings (SSSR count). The maximum Gasteiger partial charge on any atom is 0.333 e. The van der Waals surface area contributed by atoms with Crippen molar-refractivity contribution in [3.05, 3.63) is 88.8 Å². The van der Waals surface area contributed by atoms with Gasteiger partial charge in [-0.15, -0.1) is 0 Å². The molecule has 7 nitrogen and oxygen atoms in total. The Hall–Kier alpha value is -5.44. The third-order valence-electron chi connectivity index (χ3n) is 11.7. The van der Waals surface area contributed by atoms with Crippen LogP contribution in [0.15, 0.2) is 60.7 Å². The third-order valence-corrected chi connectivity index (χ3v) is 11.7. The van der Waals surface area contributed by atoms with Crippen molar-refractivity contribution in [2.75, 3.05) is 13.2 Å². The topological polar surface area (TPSA) is 131 Å². The molecule has 0 amide bonds. The van der Waals surface area contributed by atoms with Crippen molar-refractivity contribution in [1.29, 1.82) is 21.0 Å². The van der Waals surface area contributed by atoms with Crippen LogP contribution in [-0.4, -0.2) is 19.2 Å². The second kappa shape index (κ2) is 23.1. The van der Waals surface area contributed by atoms with Crippen molar-refractivity contribution in [2.24, 2.45) is 11.3 Å². The van der Waals surface area contributed by atoms with E-state index in [1.165, 1.54) is 38.5 Å². The number of nitriles is 4. The van der Waals surface area contributed by atoms with E-state index in [0.717, 1.165) is 57.7 Å². The molecule has 1 aliphatic rings. The fourth-order valence-electron chi connectivity index (χ4n) is 8.27. The summed E-state index contributed by atoms with van der Waals surface area (Å²) in [7, 11) is 0. The van der Waals surface area contributed by atoms with Crippen LogP contribution in [0.5, 0.6) is 5.75 Å². The molecule has 8 heteroatoms. The van der Waals surface area contributed by atoms with Crippen LogP contribution >= 0.6 is 0 Å². The molecule has 304 valence electrons. The number of hydrogen-bond acceptors (Lipinski definition) is 7. The molecule has 0 N–H and O–H groups in total. The highest BCUT2D eigenvalue weighted by molar-refractivity contribution is 5.86. The fraction of sp³-hybridized carbons (Fsp3) is 0.500. The van der Waals surface area contributed by atoms with Gasteiger partial charge in [-0.3, -0.25) is 0 Å². The normalized spacial score (nSPS) is 15.0. The molecule has 0 bridgehead atoms. The van der Waals surface area contributed by atoms with Gasteiger partial charge in [-0.1, -0.05) is 76.4 Å². The van der Waals surface area contributed by atoms with Crippen molar-refractivity contribution in [2.45, 2.75) is 136 Å². The standard InChI is InChI=1S/C50H59FN4O3/c1-5-7-8-12-37-15-17-39(18-16-37)40-19-22-46(47(51)34-40)41-20-21-45(38(6-2)31-41)44-32-42(13-9-10-26-52)48(43(33-44)14-11-30-57-49(56)36(3)4)58-35-50(23-27-53,24-28-54)25-29-55/h19-22,31-34,37,39H,3,5-18,23-25,30,35H2,1-2,4H3. The zero-order valence-corrected chi connectivity index (χ0v) is 34.8. The van der Waals surface area contributed by atoms with Crippen molar-refractivity contribution >= 4 is 5.97 Å². The lowest BCUT2D eigenvalue weighted by Gasteiger charge is -2.29. The van der Waals surface area contributed by atoms with E-state index in [9.17, 15) is 25.8 Å². The summed E-state index contributed by atoms with van der Waals surface area (Å²) in [6, 6.07) is 24.7. The first-order valence-electron chi connectivity index (χ1n) is 21.1. The molecule has 0 aliphatic heterocycles. The van der Waals surface area contributed by atoms with Gasteiger partial charge in [0.2, 0.25) is 0 Å². The first-order chi connectivity index (χ1) is 28.1. The molecule has 0 spiro atoms. The molecule has 1 aliphatic carbocycles. The quantitative estimate of drug-likeness (QED) is 0.0563. The first-order valence-corrected chi connectivity index (χ1v) is 21.1. The molecule has 0 radical (unpaired) electrons. The van der Waals surface area contributed by atoms with Gasteiger partial charge in [-0.2, -0.15) is 21.0 Å². The highest BCUT2D eigenvalue weighted by Gasteiger charge is 2.32. The number of rotatable bonds is 22. The summed E-state index contributed by atoms with van der Waals surface area (Å²) in [6.45, 7) is 9.75. The number of carbonyl (C=O) groups excluding carboxylic acids is 1. The number of halogens is 1. The minimum absolute atomic E-state index is 0.0104. The van der Waals surface area contributed by atoms with E-state index in [1.54, 1.807) is 13.0 Å². The molecule has 0 saturated heterocycles. The molecule has 0 heterocycles. The number of nitrogens with zero attached hydrogens (tertiary/aromatic N) is 4. The number of esters is 1. The highest BCUT2D eigenvalue weighted by Crippen LogP contribution is 2.41. The predicted octanol–water partition coefficient (Wildman–Crippen LogP) is 12.6. The maximum absolute atomic E-state index is 15.9. The third kappa shape index (κ3) is 12.5. The minimum atomic E-state index is -0.971. The first kappa shape index (κ1) is 45.3. The Kier molecular flexibility index (Phi) is 18.0. The Morgan fingerprint density at radius 1 is 0.793 bits per heavy atom. The second-order valence-corrected chi connectivity index (χ2v) is 16.1. The van der Waals surface area contributed by atoms with Gasteiger partial charge in [0.25, 0.3) is 0 Å². The lowest BCUT2D eigenvalue weighted by Crippen LogP contribution is -2.28. The lowest BCUT2D eigenvalue weighted by molar-refractivity contribution is -0.139. The zero-order chi connectivity index (χ0) is 41.9. The summed E-state index contributed by atoms with van der Waals surface area (Å²) in [4.78, 5) is 12.1. The van der Waals surface area contributed by atoms with Crippen LogP contribution in [0.2, 0.25) is 0 Å². The summed E-state index contributed by atoms with van der Waals surface area (Å²) >= 11 is 0. The van der Waals surface area contributed by atoms with Crippen molar-refractivity contribution in [3.63, 3.8) is 0 Å². The van der Waals surface area contributed by atoms with Gasteiger partial charge < -0.3 is 9.47 Å². The van der Waals surface area contributed by atoms with Gasteiger partial charge in [0.1, 0.15) is 11.6 Å². The van der Waals surface area contributed by atoms with Gasteiger partial charge in [-0.25, -0.2) is 9.18 Å². The molecule has 0 aromatic heterocycles. The average molecular weight is 783 g/mol. The Bertz CT molecular complexity index is 2000. The van der Waals surface area contributed by atoms with Crippen LogP contribution in [0.1, 0.15) is 139 Å². The van der Waals surface area contributed by atoms with E-state index in [-0.39, 0.29) is 38.3 Å². The highest BCUT2D eigenvalue weighted by atomic mass is 19.1. The van der Waals surface area contributed by atoms with Crippen LogP contribution in [0, 0.1) is 62.5 Å². The van der Waals surface area contributed by atoms with Crippen molar-refractivity contribution < 1.29 is 18.7 Å². The van der Waals surface area contributed by atoms with E-state index in [4.69, 9.17) is 9.47 Å². The number of hydrogen-bond donors (Lipinski definition) is 0. The zero-order valence-electron chi connectivity index (χ0n) is 34.8. The summed E-state index contributed by atoms with van der Waals surface area (Å²) in [5.41, 5.74) is 6.54. The Labute approximate surface area is 346 Å². The molecule has 0 unspecified atom stereocenters. The summed E-state index contributed by atoms with van der Waals surface area (Å²) in [5.74, 6) is 1.13. The largest absolute Gasteiger partial charge is 0.492 e. The smallest absolute Gasteiger partial charge is 0.333 e. The predicted molar refractivity (Wildman–Crippen MR) is 227 cm³/mol. The molecule has 1 saturated carbocycles.